The molecule has 5 rings (SSSR count). The van der Waals surface area contributed by atoms with E-state index in [0.717, 1.165) is 34.6 Å². The topological polar surface area (TPSA) is 380 Å². The predicted molar refractivity (Wildman–Crippen MR) is 303 cm³/mol. The first-order chi connectivity index (χ1) is 42.9. The third-order valence-electron chi connectivity index (χ3n) is 12.3. The number of benzene rings is 3. The average Bonchev–Trinajstić information content (AvgIpc) is 1.75. The fourth-order valence-corrected chi connectivity index (χ4v) is 8.14. The van der Waals surface area contributed by atoms with Gasteiger partial charge in [0.1, 0.15) is 50.9 Å². The maximum absolute atomic E-state index is 13.6. The molecule has 1 aliphatic rings. The van der Waals surface area contributed by atoms with Crippen LogP contribution in [-0.2, 0) is 121 Å². The number of esters is 12. The van der Waals surface area contributed by atoms with Gasteiger partial charge >= 0.3 is 71.6 Å². The van der Waals surface area contributed by atoms with E-state index < -0.39 is 139 Å². The van der Waals surface area contributed by atoms with Gasteiger partial charge in [-0.3, -0.25) is 62.4 Å². The second-order valence-corrected chi connectivity index (χ2v) is 19.0. The second kappa shape index (κ2) is 35.9. The van der Waals surface area contributed by atoms with Crippen LogP contribution in [0.4, 0.5) is 11.4 Å². The number of piperazine rings is 1. The highest BCUT2D eigenvalue weighted by Gasteiger charge is 2.27. The van der Waals surface area contributed by atoms with Gasteiger partial charge in [0.2, 0.25) is 46.7 Å². The van der Waals surface area contributed by atoms with Crippen molar-refractivity contribution in [3.63, 3.8) is 0 Å². The number of hydrogen-bond donors (Lipinski definition) is 1. The van der Waals surface area contributed by atoms with Crippen molar-refractivity contribution in [2.75, 3.05) is 123 Å². The largest absolute Gasteiger partial charge is 0.488 e. The van der Waals surface area contributed by atoms with Crippen LogP contribution in [0.2, 0.25) is 0 Å². The Morgan fingerprint density at radius 3 is 1.33 bits per heavy atom. The lowest BCUT2D eigenvalue weighted by molar-refractivity contribution is -0.168. The number of aromatic nitrogens is 1. The molecule has 3 aromatic carbocycles. The van der Waals surface area contributed by atoms with Gasteiger partial charge in [0, 0.05) is 96.8 Å². The van der Waals surface area contributed by atoms with Crippen LogP contribution in [0.25, 0.3) is 22.0 Å². The van der Waals surface area contributed by atoms with Gasteiger partial charge in [-0.2, -0.15) is 0 Å². The summed E-state index contributed by atoms with van der Waals surface area (Å²) >= 11 is 0. The van der Waals surface area contributed by atoms with Crippen LogP contribution in [0, 0.1) is 0 Å². The number of amides is 1. The van der Waals surface area contributed by atoms with E-state index in [-0.39, 0.29) is 80.0 Å². The summed E-state index contributed by atoms with van der Waals surface area (Å²) in [6, 6.07) is 13.9. The first-order valence-corrected chi connectivity index (χ1v) is 27.3. The fraction of sp³-hybridized carbons (Fsp3) is 0.431. The smallest absolute Gasteiger partial charge is 0.341 e. The van der Waals surface area contributed by atoms with Gasteiger partial charge in [0.05, 0.1) is 23.5 Å². The normalized spacial score (nSPS) is 11.8. The van der Waals surface area contributed by atoms with E-state index in [1.54, 1.807) is 46.3 Å². The van der Waals surface area contributed by atoms with Crippen LogP contribution < -0.4 is 19.3 Å². The number of hydrogen-bond acceptors (Lipinski definition) is 30. The summed E-state index contributed by atoms with van der Waals surface area (Å²) in [5.41, 5.74) is 2.30. The van der Waals surface area contributed by atoms with Gasteiger partial charge < -0.3 is 86.0 Å². The Balaban J connectivity index is 1.49. The molecule has 4 aromatic rings. The highest BCUT2D eigenvalue weighted by molar-refractivity contribution is 6.01. The summed E-state index contributed by atoms with van der Waals surface area (Å²) < 4.78 is 71.5. The SMILES string of the molecule is CC(=O)OCOC(=O)CN1CCN(C(=O)CCc2ccc(N(CC(=O)OCOC(C)=O)CC(=O)OCOC(C)=O)c(OCCOc3cc(-c4c[nH]c5cc(C(=O)OCOC(C)=O)ccc45)ccc3N(CC(=O)OCOC(C)=O)CC(=O)OCOC(C)=O)c2)CC1. The molecule has 1 aliphatic heterocycles. The van der Waals surface area contributed by atoms with Crippen molar-refractivity contribution in [3.05, 3.63) is 71.9 Å². The average molecular weight is 1270 g/mol. The molecule has 90 heavy (non-hydrogen) atoms. The highest BCUT2D eigenvalue weighted by Crippen LogP contribution is 2.37. The van der Waals surface area contributed by atoms with Crippen molar-refractivity contribution in [2.45, 2.75) is 54.4 Å². The van der Waals surface area contributed by atoms with E-state index in [9.17, 15) is 62.3 Å². The lowest BCUT2D eigenvalue weighted by Crippen LogP contribution is -2.50. The zero-order valence-corrected chi connectivity index (χ0v) is 50.0. The third kappa shape index (κ3) is 24.7. The standard InChI is InChI=1S/C58H67N5O27/c1-36(64)79-30-85-53(71)25-60-15-17-61(18-16-60)52(70)14-8-42-7-12-48(62(26-54(72)86-31-80-37(2)65)27-55(73)87-32-81-38(3)66)50(21-42)77-19-20-78-51-23-43(46-24-59-47-22-44(9-11-45(46)47)58(76)90-35-84-41(6)69)10-13-49(51)63(28-56(74)88-33-82-39(4)67)29-57(75)89-34-83-40(5)68/h7,9-13,21-24,59H,8,14-20,25-35H2,1-6H3. The first-order valence-electron chi connectivity index (χ1n) is 27.3. The number of rotatable bonds is 34. The minimum Gasteiger partial charge on any atom is -0.488 e. The number of carbonyl (C=O) groups excluding carboxylic acids is 13. The van der Waals surface area contributed by atoms with Gasteiger partial charge in [-0.1, -0.05) is 18.2 Å². The van der Waals surface area contributed by atoms with E-state index in [2.05, 4.69) is 9.72 Å². The minimum absolute atomic E-state index is 0.00288. The van der Waals surface area contributed by atoms with E-state index in [1.807, 2.05) is 0 Å². The molecule has 0 bridgehead atoms. The molecule has 1 aromatic heterocycles. The van der Waals surface area contributed by atoms with Gasteiger partial charge in [0.25, 0.3) is 0 Å². The fourth-order valence-electron chi connectivity index (χ4n) is 8.14. The number of carbonyl (C=O) groups is 13. The summed E-state index contributed by atoms with van der Waals surface area (Å²) in [7, 11) is 0. The molecule has 2 heterocycles. The quantitative estimate of drug-likeness (QED) is 0.0302. The number of H-pyrrole nitrogens is 1. The van der Waals surface area contributed by atoms with Gasteiger partial charge in [-0.25, -0.2) is 4.79 Å². The summed E-state index contributed by atoms with van der Waals surface area (Å²) in [6.45, 7) is 0.202. The summed E-state index contributed by atoms with van der Waals surface area (Å²) in [4.78, 5) is 169. The van der Waals surface area contributed by atoms with Gasteiger partial charge in [-0.05, 0) is 53.9 Å². The molecule has 0 atom stereocenters. The van der Waals surface area contributed by atoms with E-state index >= 15 is 0 Å². The maximum Gasteiger partial charge on any atom is 0.341 e. The molecule has 0 aliphatic carbocycles. The number of fused-ring (bicyclic) bond motifs is 1. The number of nitrogens with zero attached hydrogens (tertiary/aromatic N) is 4. The monoisotopic (exact) mass is 1270 g/mol. The Labute approximate surface area is 513 Å². The molecule has 0 saturated carbocycles. The molecular weight excluding hydrogens is 1200 g/mol. The van der Waals surface area contributed by atoms with Crippen molar-refractivity contribution in [2.24, 2.45) is 0 Å². The zero-order valence-electron chi connectivity index (χ0n) is 50.0. The lowest BCUT2D eigenvalue weighted by Gasteiger charge is -2.34. The summed E-state index contributed by atoms with van der Waals surface area (Å²) in [5.74, 6) is -9.83. The van der Waals surface area contributed by atoms with E-state index in [0.29, 0.717) is 40.7 Å². The molecule has 1 fully saturated rings. The molecule has 0 unspecified atom stereocenters. The van der Waals surface area contributed by atoms with Crippen molar-refractivity contribution in [1.29, 1.82) is 0 Å². The molecule has 32 heteroatoms. The molecule has 0 radical (unpaired) electrons. The summed E-state index contributed by atoms with van der Waals surface area (Å²) in [6.07, 6.45) is 1.76. The Kier molecular flexibility index (Phi) is 28.0. The second-order valence-electron chi connectivity index (χ2n) is 19.0. The maximum atomic E-state index is 13.6. The van der Waals surface area contributed by atoms with Crippen molar-refractivity contribution < 1.29 is 129 Å². The van der Waals surface area contributed by atoms with Gasteiger partial charge in [-0.15, -0.1) is 0 Å². The molecule has 486 valence electrons. The molecular formula is C58H67N5O27. The molecule has 0 spiro atoms. The third-order valence-corrected chi connectivity index (χ3v) is 12.3. The predicted octanol–water partition coefficient (Wildman–Crippen LogP) is 1.98. The minimum atomic E-state index is -0.984. The van der Waals surface area contributed by atoms with Crippen LogP contribution in [-0.4, -0.2) is 205 Å². The molecule has 1 N–H and O–H groups in total. The van der Waals surface area contributed by atoms with Crippen molar-refractivity contribution in [3.8, 4) is 22.6 Å². The Bertz CT molecular complexity index is 3180. The number of ether oxygens (including phenoxy) is 14. The first kappa shape index (κ1) is 70.2. The number of aromatic amines is 1. The van der Waals surface area contributed by atoms with Crippen LogP contribution in [0.1, 0.15) is 63.9 Å². The highest BCUT2D eigenvalue weighted by atomic mass is 16.7. The summed E-state index contributed by atoms with van der Waals surface area (Å²) in [5, 5.41) is 0.592. The van der Waals surface area contributed by atoms with Crippen LogP contribution in [0.15, 0.2) is 60.8 Å². The zero-order chi connectivity index (χ0) is 65.7. The molecule has 1 amide bonds. The van der Waals surface area contributed by atoms with Gasteiger partial charge in [0.15, 0.2) is 0 Å². The van der Waals surface area contributed by atoms with Crippen LogP contribution >= 0.6 is 0 Å². The number of anilines is 2. The Morgan fingerprint density at radius 1 is 0.456 bits per heavy atom. The molecule has 32 nitrogen and oxygen atoms in total. The van der Waals surface area contributed by atoms with Crippen molar-refractivity contribution >= 4 is 99.8 Å². The molecule has 1 saturated heterocycles. The van der Waals surface area contributed by atoms with Crippen molar-refractivity contribution in [1.82, 2.24) is 14.8 Å². The number of nitrogens with one attached hydrogen (secondary N) is 1. The Morgan fingerprint density at radius 2 is 0.878 bits per heavy atom. The van der Waals surface area contributed by atoms with Crippen LogP contribution in [0.3, 0.4) is 0 Å². The lowest BCUT2D eigenvalue weighted by atomic mass is 10.0. The Hall–Kier alpha value is -10.5. The number of aryl methyl sites for hydroxylation is 1. The van der Waals surface area contributed by atoms with Crippen LogP contribution in [0.5, 0.6) is 11.5 Å². The van der Waals surface area contributed by atoms with E-state index in [1.165, 1.54) is 41.0 Å². The van der Waals surface area contributed by atoms with E-state index in [4.69, 9.17) is 61.6 Å².